The molecule has 176 valence electrons. The zero-order chi connectivity index (χ0) is 23.2. The highest BCUT2D eigenvalue weighted by Gasteiger charge is 2.32. The molecule has 0 fully saturated rings. The van der Waals surface area contributed by atoms with Gasteiger partial charge in [0, 0.05) is 13.1 Å². The van der Waals surface area contributed by atoms with Crippen molar-refractivity contribution in [3.05, 3.63) is 44.9 Å². The summed E-state index contributed by atoms with van der Waals surface area (Å²) in [6, 6.07) is 4.12. The van der Waals surface area contributed by atoms with E-state index in [2.05, 4.69) is 21.0 Å². The van der Waals surface area contributed by atoms with E-state index in [0.29, 0.717) is 30.7 Å². The number of benzene rings is 1. The van der Waals surface area contributed by atoms with Gasteiger partial charge in [-0.3, -0.25) is 9.47 Å². The third kappa shape index (κ3) is 4.54. The number of nitrogens with zero attached hydrogens (tertiary/aromatic N) is 4. The molecular formula is C22H25F3N6O2. The summed E-state index contributed by atoms with van der Waals surface area (Å²) in [4.78, 5) is 25.4. The number of nitrogen functional groups attached to an aromatic ring is 1. The molecule has 0 atom stereocenters. The van der Waals surface area contributed by atoms with Gasteiger partial charge >= 0.3 is 17.9 Å². The van der Waals surface area contributed by atoms with Crippen molar-refractivity contribution in [2.45, 2.75) is 51.4 Å². The van der Waals surface area contributed by atoms with Crippen molar-refractivity contribution in [3.63, 3.8) is 0 Å². The van der Waals surface area contributed by atoms with E-state index in [4.69, 9.17) is 10.5 Å². The quantitative estimate of drug-likeness (QED) is 0.577. The molecule has 0 spiro atoms. The third-order valence-corrected chi connectivity index (χ3v) is 6.26. The van der Waals surface area contributed by atoms with Gasteiger partial charge in [-0.15, -0.1) is 0 Å². The van der Waals surface area contributed by atoms with E-state index < -0.39 is 12.7 Å². The van der Waals surface area contributed by atoms with Crippen molar-refractivity contribution in [2.24, 2.45) is 0 Å². The monoisotopic (exact) mass is 462 g/mol. The molecule has 0 aliphatic carbocycles. The number of aromatic amines is 1. The SMILES string of the molecule is Nc1nc2nc3c1[nH]c(=O)n3Cc1cc(c3c(c1)CN(CC(F)(F)F)CC3)CCCCCO2. The molecule has 8 nitrogen and oxygen atoms in total. The fourth-order valence-electron chi connectivity index (χ4n) is 4.81. The lowest BCUT2D eigenvalue weighted by Crippen LogP contribution is -2.38. The molecule has 33 heavy (non-hydrogen) atoms. The number of hydrogen-bond acceptors (Lipinski definition) is 6. The van der Waals surface area contributed by atoms with Crippen LogP contribution >= 0.6 is 0 Å². The molecule has 2 aliphatic rings. The number of H-pyrrole nitrogens is 1. The summed E-state index contributed by atoms with van der Waals surface area (Å²) < 4.78 is 46.1. The minimum Gasteiger partial charge on any atom is -0.463 e. The van der Waals surface area contributed by atoms with Gasteiger partial charge in [0.15, 0.2) is 11.5 Å². The molecule has 2 aromatic heterocycles. The Bertz CT molecular complexity index is 1250. The summed E-state index contributed by atoms with van der Waals surface area (Å²) in [5, 5.41) is 0. The number of aromatic nitrogens is 4. The summed E-state index contributed by atoms with van der Waals surface area (Å²) in [6.45, 7) is 0.352. The molecule has 3 N–H and O–H groups in total. The van der Waals surface area contributed by atoms with E-state index in [-0.39, 0.29) is 30.6 Å². The Hall–Kier alpha value is -3.08. The topological polar surface area (TPSA) is 102 Å². The maximum Gasteiger partial charge on any atom is 0.401 e. The van der Waals surface area contributed by atoms with Crippen LogP contribution in [0.3, 0.4) is 0 Å². The first-order valence-electron chi connectivity index (χ1n) is 11.1. The Balaban J connectivity index is 1.57. The van der Waals surface area contributed by atoms with Crippen molar-refractivity contribution in [2.75, 3.05) is 25.4 Å². The molecule has 0 saturated heterocycles. The first kappa shape index (κ1) is 21.7. The van der Waals surface area contributed by atoms with Crippen LogP contribution in [-0.4, -0.2) is 50.3 Å². The fourth-order valence-corrected chi connectivity index (χ4v) is 4.81. The van der Waals surface area contributed by atoms with E-state index in [1.165, 1.54) is 9.47 Å². The van der Waals surface area contributed by atoms with Crippen molar-refractivity contribution < 1.29 is 17.9 Å². The summed E-state index contributed by atoms with van der Waals surface area (Å²) in [6.07, 6.45) is -0.133. The number of nitrogens with two attached hydrogens (primary N) is 1. The number of anilines is 1. The number of rotatable bonds is 1. The number of fused-ring (bicyclic) bond motifs is 5. The lowest BCUT2D eigenvalue weighted by atomic mass is 9.89. The van der Waals surface area contributed by atoms with E-state index in [1.54, 1.807) is 0 Å². The smallest absolute Gasteiger partial charge is 0.401 e. The number of alkyl halides is 3. The summed E-state index contributed by atoms with van der Waals surface area (Å²) >= 11 is 0. The van der Waals surface area contributed by atoms with Gasteiger partial charge in [0.1, 0.15) is 5.52 Å². The predicted octanol–water partition coefficient (Wildman–Crippen LogP) is 2.78. The van der Waals surface area contributed by atoms with Crippen LogP contribution < -0.4 is 16.2 Å². The number of halogens is 3. The molecule has 3 aromatic rings. The van der Waals surface area contributed by atoms with Gasteiger partial charge in [-0.25, -0.2) is 4.79 Å². The van der Waals surface area contributed by atoms with Crippen LogP contribution in [-0.2, 0) is 25.9 Å². The molecule has 4 heterocycles. The van der Waals surface area contributed by atoms with Gasteiger partial charge in [-0.2, -0.15) is 23.1 Å². The number of aryl methyl sites for hydroxylation is 1. The maximum atomic E-state index is 13.0. The maximum absolute atomic E-state index is 13.0. The first-order chi connectivity index (χ1) is 15.8. The highest BCUT2D eigenvalue weighted by Crippen LogP contribution is 2.29. The van der Waals surface area contributed by atoms with Crippen LogP contribution in [0.25, 0.3) is 11.2 Å². The molecule has 4 bridgehead atoms. The Labute approximate surface area is 187 Å². The van der Waals surface area contributed by atoms with Crippen molar-refractivity contribution in [1.82, 2.24) is 24.4 Å². The average Bonchev–Trinajstić information content (AvgIpc) is 3.04. The van der Waals surface area contributed by atoms with Gasteiger partial charge < -0.3 is 15.5 Å². The van der Waals surface area contributed by atoms with Gasteiger partial charge in [0.2, 0.25) is 0 Å². The molecule has 0 radical (unpaired) electrons. The van der Waals surface area contributed by atoms with E-state index >= 15 is 0 Å². The third-order valence-electron chi connectivity index (χ3n) is 6.26. The van der Waals surface area contributed by atoms with Crippen molar-refractivity contribution in [3.8, 4) is 6.01 Å². The normalized spacial score (nSPS) is 17.5. The van der Waals surface area contributed by atoms with Gasteiger partial charge in [-0.05, 0) is 54.4 Å². The van der Waals surface area contributed by atoms with Crippen molar-refractivity contribution >= 4 is 17.0 Å². The van der Waals surface area contributed by atoms with Crippen LogP contribution in [0, 0.1) is 0 Å². The molecular weight excluding hydrogens is 437 g/mol. The van der Waals surface area contributed by atoms with Gasteiger partial charge in [0.05, 0.1) is 19.7 Å². The lowest BCUT2D eigenvalue weighted by molar-refractivity contribution is -0.147. The zero-order valence-corrected chi connectivity index (χ0v) is 18.0. The van der Waals surface area contributed by atoms with Crippen LogP contribution in [0.1, 0.15) is 41.5 Å². The number of hydrogen-bond donors (Lipinski definition) is 2. The molecule has 0 unspecified atom stereocenters. The Kier molecular flexibility index (Phi) is 5.51. The van der Waals surface area contributed by atoms with Crippen LogP contribution in [0.15, 0.2) is 16.9 Å². The summed E-state index contributed by atoms with van der Waals surface area (Å²) in [7, 11) is 0. The summed E-state index contributed by atoms with van der Waals surface area (Å²) in [5.74, 6) is 0.131. The Morgan fingerprint density at radius 1 is 1.09 bits per heavy atom. The molecule has 0 amide bonds. The fraction of sp³-hybridized carbons (Fsp3) is 0.500. The molecule has 5 rings (SSSR count). The standard InChI is InChI=1S/C22H25F3N6O2/c23-22(24,25)12-30-6-5-16-14-4-2-1-3-7-33-20-28-18(26)17-19(29-20)31(21(32)27-17)10-13(8-14)9-15(16)11-30/h8-9H,1-7,10-12H2,(H,27,32)(H2,26,28,29). The van der Waals surface area contributed by atoms with E-state index in [9.17, 15) is 18.0 Å². The minimum atomic E-state index is -4.23. The van der Waals surface area contributed by atoms with Crippen LogP contribution in [0.4, 0.5) is 19.0 Å². The predicted molar refractivity (Wildman–Crippen MR) is 116 cm³/mol. The number of nitrogens with one attached hydrogen (secondary N) is 1. The number of ether oxygens (including phenoxy) is 1. The van der Waals surface area contributed by atoms with Crippen LogP contribution in [0.5, 0.6) is 6.01 Å². The number of imidazole rings is 1. The second-order valence-corrected chi connectivity index (χ2v) is 8.73. The second kappa shape index (κ2) is 8.36. The highest BCUT2D eigenvalue weighted by molar-refractivity contribution is 5.82. The zero-order valence-electron chi connectivity index (χ0n) is 18.0. The first-order valence-corrected chi connectivity index (χ1v) is 11.1. The van der Waals surface area contributed by atoms with Crippen molar-refractivity contribution in [1.29, 1.82) is 0 Å². The molecule has 11 heteroatoms. The van der Waals surface area contributed by atoms with E-state index in [0.717, 1.165) is 47.9 Å². The molecule has 2 aliphatic heterocycles. The van der Waals surface area contributed by atoms with Gasteiger partial charge in [-0.1, -0.05) is 12.1 Å². The lowest BCUT2D eigenvalue weighted by Gasteiger charge is -2.31. The minimum absolute atomic E-state index is 0.124. The molecule has 0 saturated carbocycles. The van der Waals surface area contributed by atoms with E-state index in [1.807, 2.05) is 6.07 Å². The van der Waals surface area contributed by atoms with Gasteiger partial charge in [0.25, 0.3) is 0 Å². The Morgan fingerprint density at radius 2 is 1.91 bits per heavy atom. The highest BCUT2D eigenvalue weighted by atomic mass is 19.4. The van der Waals surface area contributed by atoms with Crippen LogP contribution in [0.2, 0.25) is 0 Å². The second-order valence-electron chi connectivity index (χ2n) is 8.73. The average molecular weight is 462 g/mol. The largest absolute Gasteiger partial charge is 0.463 e. The molecule has 1 aromatic carbocycles. The Morgan fingerprint density at radius 3 is 2.73 bits per heavy atom. The summed E-state index contributed by atoms with van der Waals surface area (Å²) in [5.41, 5.74) is 10.4.